The van der Waals surface area contributed by atoms with Gasteiger partial charge in [-0.25, -0.2) is 9.98 Å². The summed E-state index contributed by atoms with van der Waals surface area (Å²) in [5, 5.41) is 29.7. The molecule has 0 aromatic carbocycles. The second kappa shape index (κ2) is 5.56. The van der Waals surface area contributed by atoms with E-state index in [0.717, 1.165) is 25.2 Å². The third-order valence-corrected chi connectivity index (χ3v) is 7.04. The Morgan fingerprint density at radius 2 is 2.04 bits per heavy atom. The highest BCUT2D eigenvalue weighted by Crippen LogP contribution is 2.60. The highest BCUT2D eigenvalue weighted by Gasteiger charge is 2.62. The van der Waals surface area contributed by atoms with Crippen molar-refractivity contribution in [3.05, 3.63) is 0 Å². The van der Waals surface area contributed by atoms with Gasteiger partial charge in [-0.2, -0.15) is 0 Å². The summed E-state index contributed by atoms with van der Waals surface area (Å²) in [6, 6.07) is 0. The number of nitrogens with two attached hydrogens (primary N) is 1. The van der Waals surface area contributed by atoms with Crippen molar-refractivity contribution in [2.24, 2.45) is 32.0 Å². The molecule has 5 aliphatic rings. The van der Waals surface area contributed by atoms with Crippen LogP contribution in [0.25, 0.3) is 0 Å². The maximum Gasteiger partial charge on any atom is 0.162 e. The molecule has 3 heterocycles. The molecule has 142 valence electrons. The summed E-state index contributed by atoms with van der Waals surface area (Å²) >= 11 is 0. The summed E-state index contributed by atoms with van der Waals surface area (Å²) in [6.07, 6.45) is 3.07. The van der Waals surface area contributed by atoms with Crippen molar-refractivity contribution in [3.63, 3.8) is 0 Å². The third kappa shape index (κ3) is 2.00. The summed E-state index contributed by atoms with van der Waals surface area (Å²) < 4.78 is 5.66. The van der Waals surface area contributed by atoms with Crippen LogP contribution in [0.15, 0.2) is 15.0 Å². The topological polar surface area (TPSA) is 136 Å². The van der Waals surface area contributed by atoms with Crippen LogP contribution in [0.2, 0.25) is 0 Å². The van der Waals surface area contributed by atoms with Crippen LogP contribution in [0.4, 0.5) is 0 Å². The number of aliphatic imine (C=N–C) groups is 3. The van der Waals surface area contributed by atoms with Crippen molar-refractivity contribution in [2.45, 2.75) is 62.3 Å². The zero-order valence-electron chi connectivity index (χ0n) is 14.5. The molecule has 2 bridgehead atoms. The lowest BCUT2D eigenvalue weighted by Gasteiger charge is -2.43. The highest BCUT2D eigenvalue weighted by molar-refractivity contribution is 6.47. The van der Waals surface area contributed by atoms with Gasteiger partial charge in [-0.3, -0.25) is 4.99 Å². The first-order valence-electron chi connectivity index (χ1n) is 9.34. The van der Waals surface area contributed by atoms with E-state index < -0.39 is 30.2 Å². The molecule has 9 nitrogen and oxygen atoms in total. The first kappa shape index (κ1) is 16.8. The van der Waals surface area contributed by atoms with E-state index in [0.29, 0.717) is 11.5 Å². The van der Waals surface area contributed by atoms with Gasteiger partial charge in [0.25, 0.3) is 0 Å². The molecule has 5 N–H and O–H groups in total. The van der Waals surface area contributed by atoms with Gasteiger partial charge in [0.05, 0.1) is 6.61 Å². The first-order valence-corrected chi connectivity index (χ1v) is 9.34. The number of ether oxygens (including phenoxy) is 1. The van der Waals surface area contributed by atoms with E-state index in [9.17, 15) is 15.3 Å². The van der Waals surface area contributed by atoms with Gasteiger partial charge in [0.1, 0.15) is 37.0 Å². The Morgan fingerprint density at radius 1 is 1.27 bits per heavy atom. The minimum absolute atomic E-state index is 0.0769. The Balaban J connectivity index is 1.45. The maximum atomic E-state index is 10.4. The van der Waals surface area contributed by atoms with E-state index in [-0.39, 0.29) is 18.7 Å². The number of hydrogen-bond donors (Lipinski definition) is 4. The molecule has 3 fully saturated rings. The molecular formula is C17H25N5O4. The largest absolute Gasteiger partial charge is 0.394 e. The van der Waals surface area contributed by atoms with Crippen molar-refractivity contribution in [1.29, 1.82) is 0 Å². The molecule has 9 heteroatoms. The fraction of sp³-hybridized carbons (Fsp3) is 0.824. The van der Waals surface area contributed by atoms with Crippen LogP contribution in [0, 0.1) is 11.3 Å². The molecule has 1 saturated heterocycles. The van der Waals surface area contributed by atoms with Crippen LogP contribution in [0.5, 0.6) is 0 Å². The predicted octanol–water partition coefficient (Wildman–Crippen LogP) is -1.18. The third-order valence-electron chi connectivity index (χ3n) is 7.04. The van der Waals surface area contributed by atoms with E-state index in [1.807, 2.05) is 0 Å². The summed E-state index contributed by atoms with van der Waals surface area (Å²) in [6.45, 7) is -0.127. The predicted molar refractivity (Wildman–Crippen MR) is 93.8 cm³/mol. The van der Waals surface area contributed by atoms with Crippen molar-refractivity contribution in [1.82, 2.24) is 4.90 Å². The monoisotopic (exact) mass is 363 g/mol. The molecule has 0 aromatic heterocycles. The second-order valence-corrected chi connectivity index (χ2v) is 8.24. The number of amidine groups is 1. The quantitative estimate of drug-likeness (QED) is 0.498. The Bertz CT molecular complexity index is 701. The van der Waals surface area contributed by atoms with Gasteiger partial charge in [0.2, 0.25) is 0 Å². The molecule has 0 radical (unpaired) electrons. The van der Waals surface area contributed by atoms with Crippen LogP contribution in [0.3, 0.4) is 0 Å². The minimum Gasteiger partial charge on any atom is -0.394 e. The van der Waals surface area contributed by atoms with E-state index in [2.05, 4.69) is 15.0 Å². The van der Waals surface area contributed by atoms with Gasteiger partial charge >= 0.3 is 0 Å². The highest BCUT2D eigenvalue weighted by atomic mass is 16.6. The summed E-state index contributed by atoms with van der Waals surface area (Å²) in [4.78, 5) is 15.3. The molecular weight excluding hydrogens is 338 g/mol. The molecule has 0 amide bonds. The molecule has 2 saturated carbocycles. The van der Waals surface area contributed by atoms with Crippen molar-refractivity contribution in [3.8, 4) is 0 Å². The van der Waals surface area contributed by atoms with Crippen molar-refractivity contribution >= 4 is 17.9 Å². The van der Waals surface area contributed by atoms with Gasteiger partial charge < -0.3 is 30.7 Å². The maximum absolute atomic E-state index is 10.4. The Labute approximate surface area is 151 Å². The van der Waals surface area contributed by atoms with Crippen LogP contribution in [0.1, 0.15) is 32.1 Å². The van der Waals surface area contributed by atoms with Crippen LogP contribution in [-0.4, -0.2) is 81.6 Å². The van der Waals surface area contributed by atoms with Crippen LogP contribution < -0.4 is 5.73 Å². The summed E-state index contributed by atoms with van der Waals surface area (Å²) in [7, 11) is 0. The number of fused-ring (bicyclic) bond motifs is 3. The van der Waals surface area contributed by atoms with Crippen LogP contribution >= 0.6 is 0 Å². The first-order chi connectivity index (χ1) is 12.5. The van der Waals surface area contributed by atoms with E-state index in [4.69, 9.17) is 10.5 Å². The zero-order chi connectivity index (χ0) is 18.1. The summed E-state index contributed by atoms with van der Waals surface area (Å²) in [5.74, 6) is 1.29. The average molecular weight is 363 g/mol. The fourth-order valence-electron chi connectivity index (χ4n) is 5.54. The van der Waals surface area contributed by atoms with Gasteiger partial charge in [0.15, 0.2) is 17.7 Å². The number of nitrogens with zero attached hydrogens (tertiary/aromatic N) is 4. The molecule has 2 aliphatic carbocycles. The molecule has 1 unspecified atom stereocenters. The lowest BCUT2D eigenvalue weighted by atomic mass is 9.70. The van der Waals surface area contributed by atoms with Gasteiger partial charge in [-0.1, -0.05) is 0 Å². The smallest absolute Gasteiger partial charge is 0.162 e. The molecule has 26 heavy (non-hydrogen) atoms. The Kier molecular flexibility index (Phi) is 3.58. The SMILES string of the molecule is NC1(C23CCC(CC2)C3)N=CN=C2C1=NCN2[C@@H]1O[C@H](CO)[C@@H](O)[C@H]1O. The number of aliphatic hydroxyl groups excluding tert-OH is 3. The Hall–Kier alpha value is -1.39. The van der Waals surface area contributed by atoms with Gasteiger partial charge in [-0.15, -0.1) is 0 Å². The lowest BCUT2D eigenvalue weighted by molar-refractivity contribution is -0.0688. The normalized spacial score (nSPS) is 49.5. The van der Waals surface area contributed by atoms with E-state index in [1.165, 1.54) is 19.2 Å². The molecule has 3 aliphatic heterocycles. The molecule has 0 spiro atoms. The van der Waals surface area contributed by atoms with Crippen molar-refractivity contribution in [2.75, 3.05) is 13.3 Å². The molecule has 0 aromatic rings. The Morgan fingerprint density at radius 3 is 2.65 bits per heavy atom. The van der Waals surface area contributed by atoms with E-state index in [1.54, 1.807) is 4.90 Å². The van der Waals surface area contributed by atoms with E-state index >= 15 is 0 Å². The number of rotatable bonds is 3. The van der Waals surface area contributed by atoms with Gasteiger partial charge in [-0.05, 0) is 38.0 Å². The number of aliphatic hydroxyl groups is 3. The van der Waals surface area contributed by atoms with Gasteiger partial charge in [0, 0.05) is 5.41 Å². The number of hydrogen-bond acceptors (Lipinski definition) is 9. The lowest BCUT2D eigenvalue weighted by Crippen LogP contribution is -2.63. The fourth-order valence-corrected chi connectivity index (χ4v) is 5.54. The molecule has 5 rings (SSSR count). The standard InChI is InChI=1S/C17H25N5O4/c18-17(16-3-1-9(5-16)2-4-16)13-14(19-7-21-17)22(8-20-13)15-12(25)11(24)10(6-23)26-15/h7,9-12,15,23-25H,1-6,8,18H2/t9?,10-,11-,12-,15-,16?,17?/m1/s1. The molecule has 5 atom stereocenters. The summed E-state index contributed by atoms with van der Waals surface area (Å²) in [5.41, 5.74) is 6.55. The minimum atomic E-state index is -1.16. The second-order valence-electron chi connectivity index (χ2n) is 8.24. The van der Waals surface area contributed by atoms with Crippen molar-refractivity contribution < 1.29 is 20.1 Å². The average Bonchev–Trinajstić information content (AvgIpc) is 3.40. The zero-order valence-corrected chi connectivity index (χ0v) is 14.5. The van der Waals surface area contributed by atoms with Crippen LogP contribution in [-0.2, 0) is 4.74 Å².